The lowest BCUT2D eigenvalue weighted by Gasteiger charge is -2.22. The molecule has 3 N–H and O–H groups in total. The number of rotatable bonds is 8. The molecule has 1 aliphatic carbocycles. The Morgan fingerprint density at radius 2 is 1.81 bits per heavy atom. The van der Waals surface area contributed by atoms with Crippen LogP contribution in [0.1, 0.15) is 32.6 Å². The number of aliphatic hydroxyl groups is 1. The number of amides is 2. The van der Waals surface area contributed by atoms with Gasteiger partial charge in [-0.1, -0.05) is 19.8 Å². The van der Waals surface area contributed by atoms with Crippen LogP contribution in [0.3, 0.4) is 0 Å². The Balaban J connectivity index is 1.76. The molecule has 1 heterocycles. The molecular weight excluding hydrogens is 438 g/mol. The van der Waals surface area contributed by atoms with Gasteiger partial charge in [0.05, 0.1) is 30.7 Å². The molecule has 0 saturated heterocycles. The number of nitrogens with zero attached hydrogens (tertiary/aromatic N) is 1. The number of nitrogens with one attached hydrogen (secondary N) is 2. The summed E-state index contributed by atoms with van der Waals surface area (Å²) >= 11 is 0. The van der Waals surface area contributed by atoms with E-state index in [2.05, 4.69) is 10.0 Å². The van der Waals surface area contributed by atoms with E-state index in [0.717, 1.165) is 12.8 Å². The standard InChI is InChI=1S/C21H27N3O7S/c1-21(9-3-4-10-21)20(28)23-32(29,30)15-7-5-14(6-8-15)22-17-16(19(27)31-2)13-24(11-12-25)18(17)26/h5-8,22,25H,3-4,9-13H2,1-2H3,(H,23,28). The quantitative estimate of drug-likeness (QED) is 0.478. The molecule has 0 spiro atoms. The van der Waals surface area contributed by atoms with Gasteiger partial charge in [-0.3, -0.25) is 9.59 Å². The minimum atomic E-state index is -4.05. The summed E-state index contributed by atoms with van der Waals surface area (Å²) in [6.07, 6.45) is 3.08. The zero-order valence-corrected chi connectivity index (χ0v) is 18.8. The second-order valence-electron chi connectivity index (χ2n) is 8.15. The van der Waals surface area contributed by atoms with Crippen LogP contribution in [0.25, 0.3) is 0 Å². The van der Waals surface area contributed by atoms with Gasteiger partial charge in [0, 0.05) is 17.6 Å². The summed E-state index contributed by atoms with van der Waals surface area (Å²) in [5, 5.41) is 12.0. The summed E-state index contributed by atoms with van der Waals surface area (Å²) < 4.78 is 32.2. The summed E-state index contributed by atoms with van der Waals surface area (Å²) in [6, 6.07) is 5.47. The fourth-order valence-corrected chi connectivity index (χ4v) is 5.00. The largest absolute Gasteiger partial charge is 0.466 e. The average molecular weight is 466 g/mol. The molecule has 1 aliphatic heterocycles. The smallest absolute Gasteiger partial charge is 0.337 e. The van der Waals surface area contributed by atoms with Crippen LogP contribution in [-0.4, -0.2) is 63.0 Å². The van der Waals surface area contributed by atoms with Crippen molar-refractivity contribution in [1.82, 2.24) is 9.62 Å². The Kier molecular flexibility index (Phi) is 6.89. The van der Waals surface area contributed by atoms with Gasteiger partial charge in [-0.2, -0.15) is 0 Å². The van der Waals surface area contributed by atoms with E-state index >= 15 is 0 Å². The summed E-state index contributed by atoms with van der Waals surface area (Å²) in [4.78, 5) is 38.3. The lowest BCUT2D eigenvalue weighted by molar-refractivity contribution is -0.136. The van der Waals surface area contributed by atoms with E-state index in [1.807, 2.05) is 0 Å². The van der Waals surface area contributed by atoms with Crippen molar-refractivity contribution in [2.24, 2.45) is 5.41 Å². The van der Waals surface area contributed by atoms with Crippen LogP contribution < -0.4 is 10.0 Å². The third-order valence-electron chi connectivity index (χ3n) is 5.87. The Labute approximate surface area is 186 Å². The van der Waals surface area contributed by atoms with Crippen LogP contribution in [0.5, 0.6) is 0 Å². The summed E-state index contributed by atoms with van der Waals surface area (Å²) in [5.74, 6) is -1.66. The zero-order valence-electron chi connectivity index (χ0n) is 18.0. The molecule has 1 aromatic rings. The highest BCUT2D eigenvalue weighted by atomic mass is 32.2. The van der Waals surface area contributed by atoms with Crippen LogP contribution >= 0.6 is 0 Å². The van der Waals surface area contributed by atoms with E-state index in [4.69, 9.17) is 9.84 Å². The highest BCUT2D eigenvalue weighted by molar-refractivity contribution is 7.90. The predicted molar refractivity (Wildman–Crippen MR) is 115 cm³/mol. The highest BCUT2D eigenvalue weighted by Gasteiger charge is 2.38. The van der Waals surface area contributed by atoms with Gasteiger partial charge in [0.1, 0.15) is 5.70 Å². The van der Waals surface area contributed by atoms with Gasteiger partial charge in [-0.25, -0.2) is 17.9 Å². The fraction of sp³-hybridized carbons (Fsp3) is 0.476. The molecule has 174 valence electrons. The first-order valence-corrected chi connectivity index (χ1v) is 11.8. The Morgan fingerprint density at radius 1 is 1.19 bits per heavy atom. The Hall–Kier alpha value is -2.92. The zero-order chi connectivity index (χ0) is 23.5. The van der Waals surface area contributed by atoms with Crippen LogP contribution in [0.2, 0.25) is 0 Å². The number of sulfonamides is 1. The van der Waals surface area contributed by atoms with Crippen molar-refractivity contribution < 1.29 is 32.6 Å². The molecule has 2 aliphatic rings. The van der Waals surface area contributed by atoms with Gasteiger partial charge in [0.2, 0.25) is 5.91 Å². The molecule has 32 heavy (non-hydrogen) atoms. The number of anilines is 1. The molecule has 0 unspecified atom stereocenters. The minimum absolute atomic E-state index is 0.00312. The Morgan fingerprint density at radius 3 is 2.38 bits per heavy atom. The molecule has 0 radical (unpaired) electrons. The summed E-state index contributed by atoms with van der Waals surface area (Å²) in [5.41, 5.74) is -0.203. The number of hydrogen-bond donors (Lipinski definition) is 3. The number of carbonyl (C=O) groups is 3. The minimum Gasteiger partial charge on any atom is -0.466 e. The molecule has 0 bridgehead atoms. The van der Waals surface area contributed by atoms with Gasteiger partial charge < -0.3 is 20.1 Å². The lowest BCUT2D eigenvalue weighted by Crippen LogP contribution is -2.40. The van der Waals surface area contributed by atoms with Gasteiger partial charge in [-0.15, -0.1) is 0 Å². The van der Waals surface area contributed by atoms with Crippen molar-refractivity contribution in [3.63, 3.8) is 0 Å². The molecule has 11 heteroatoms. The van der Waals surface area contributed by atoms with Crippen LogP contribution in [0.4, 0.5) is 5.69 Å². The van der Waals surface area contributed by atoms with E-state index in [0.29, 0.717) is 18.5 Å². The number of carbonyl (C=O) groups excluding carboxylic acids is 3. The highest BCUT2D eigenvalue weighted by Crippen LogP contribution is 2.38. The van der Waals surface area contributed by atoms with E-state index in [1.54, 1.807) is 6.92 Å². The van der Waals surface area contributed by atoms with E-state index in [-0.39, 0.29) is 35.9 Å². The second kappa shape index (κ2) is 9.29. The van der Waals surface area contributed by atoms with E-state index in [9.17, 15) is 22.8 Å². The molecule has 3 rings (SSSR count). The van der Waals surface area contributed by atoms with Gasteiger partial charge in [-0.05, 0) is 37.1 Å². The number of methoxy groups -OCH3 is 1. The van der Waals surface area contributed by atoms with E-state index < -0.39 is 33.2 Å². The van der Waals surface area contributed by atoms with Crippen molar-refractivity contribution in [1.29, 1.82) is 0 Å². The van der Waals surface area contributed by atoms with Gasteiger partial charge >= 0.3 is 5.97 Å². The predicted octanol–water partition coefficient (Wildman–Crippen LogP) is 0.745. The van der Waals surface area contributed by atoms with Gasteiger partial charge in [0.15, 0.2) is 0 Å². The van der Waals surface area contributed by atoms with Crippen molar-refractivity contribution >= 4 is 33.5 Å². The second-order valence-corrected chi connectivity index (χ2v) is 9.83. The Bertz CT molecular complexity index is 1040. The first-order chi connectivity index (χ1) is 15.1. The number of esters is 1. The first kappa shape index (κ1) is 23.7. The third-order valence-corrected chi connectivity index (χ3v) is 7.22. The maximum Gasteiger partial charge on any atom is 0.337 e. The molecule has 2 amide bonds. The molecule has 0 atom stereocenters. The maximum absolute atomic E-state index is 12.6. The molecule has 10 nitrogen and oxygen atoms in total. The summed E-state index contributed by atoms with van der Waals surface area (Å²) in [6.45, 7) is 1.56. The SMILES string of the molecule is COC(=O)C1=C(Nc2ccc(S(=O)(=O)NC(=O)C3(C)CCCC3)cc2)C(=O)N(CCO)C1. The molecule has 1 fully saturated rings. The van der Waals surface area contributed by atoms with Crippen molar-refractivity contribution in [3.8, 4) is 0 Å². The monoisotopic (exact) mass is 465 g/mol. The molecule has 0 aromatic heterocycles. The van der Waals surface area contributed by atoms with Crippen LogP contribution in [0, 0.1) is 5.41 Å². The number of aliphatic hydroxyl groups excluding tert-OH is 1. The van der Waals surface area contributed by atoms with Crippen molar-refractivity contribution in [2.45, 2.75) is 37.5 Å². The number of hydrogen-bond acceptors (Lipinski definition) is 8. The summed E-state index contributed by atoms with van der Waals surface area (Å²) in [7, 11) is -2.85. The normalized spacial score (nSPS) is 18.1. The van der Waals surface area contributed by atoms with Crippen LogP contribution in [0.15, 0.2) is 40.4 Å². The van der Waals surface area contributed by atoms with Crippen LogP contribution in [-0.2, 0) is 29.1 Å². The van der Waals surface area contributed by atoms with E-state index in [1.165, 1.54) is 36.3 Å². The third kappa shape index (κ3) is 4.78. The topological polar surface area (TPSA) is 142 Å². The average Bonchev–Trinajstić information content (AvgIpc) is 3.33. The molecular formula is C21H27N3O7S. The van der Waals surface area contributed by atoms with Gasteiger partial charge in [0.25, 0.3) is 15.9 Å². The molecule has 1 aromatic carbocycles. The maximum atomic E-state index is 12.6. The number of benzene rings is 1. The van der Waals surface area contributed by atoms with Crippen molar-refractivity contribution in [2.75, 3.05) is 32.1 Å². The lowest BCUT2D eigenvalue weighted by atomic mass is 9.88. The number of ether oxygens (including phenoxy) is 1. The molecule has 1 saturated carbocycles. The fourth-order valence-electron chi connectivity index (χ4n) is 3.90. The van der Waals surface area contributed by atoms with Crippen molar-refractivity contribution in [3.05, 3.63) is 35.5 Å². The number of β-amino-alcohol motifs (C(OH)–C–C–N with tert-alkyl or cyclic N) is 1. The first-order valence-electron chi connectivity index (χ1n) is 10.3.